The van der Waals surface area contributed by atoms with E-state index in [1.807, 2.05) is 36.4 Å². The highest BCUT2D eigenvalue weighted by Gasteiger charge is 2.45. The first-order valence-corrected chi connectivity index (χ1v) is 19.0. The molecule has 0 spiro atoms. The fraction of sp³-hybridized carbons (Fsp3) is 0.224. The normalized spacial score (nSPS) is 20.9. The smallest absolute Gasteiger partial charge is 0.164 e. The molecule has 0 amide bonds. The molecular formula is C49H42N4. The Morgan fingerprint density at radius 3 is 1.89 bits per heavy atom. The maximum atomic E-state index is 9.61. The summed E-state index contributed by atoms with van der Waals surface area (Å²) in [7, 11) is 0. The molecular weight excluding hydrogens is 645 g/mol. The summed E-state index contributed by atoms with van der Waals surface area (Å²) in [5, 5.41) is 11.6. The molecule has 4 atom stereocenters. The van der Waals surface area contributed by atoms with Crippen LogP contribution in [-0.2, 0) is 5.41 Å². The number of rotatable bonds is 6. The molecule has 1 aromatic heterocycles. The zero-order chi connectivity index (χ0) is 35.9. The quantitative estimate of drug-likeness (QED) is 0.175. The van der Waals surface area contributed by atoms with Crippen molar-refractivity contribution in [1.29, 1.82) is 5.26 Å². The molecule has 1 heterocycles. The van der Waals surface area contributed by atoms with Gasteiger partial charge in [-0.25, -0.2) is 15.0 Å². The average Bonchev–Trinajstić information content (AvgIpc) is 3.20. The number of aromatic nitrogens is 3. The van der Waals surface area contributed by atoms with Crippen molar-refractivity contribution in [2.24, 2.45) is 17.8 Å². The van der Waals surface area contributed by atoms with Crippen molar-refractivity contribution < 1.29 is 0 Å². The van der Waals surface area contributed by atoms with E-state index in [4.69, 9.17) is 15.0 Å². The monoisotopic (exact) mass is 686 g/mol. The van der Waals surface area contributed by atoms with Crippen molar-refractivity contribution in [1.82, 2.24) is 15.0 Å². The van der Waals surface area contributed by atoms with Gasteiger partial charge in [0.1, 0.15) is 0 Å². The van der Waals surface area contributed by atoms with Gasteiger partial charge in [-0.2, -0.15) is 5.26 Å². The molecule has 2 fully saturated rings. The van der Waals surface area contributed by atoms with Crippen LogP contribution < -0.4 is 0 Å². The van der Waals surface area contributed by atoms with Crippen molar-refractivity contribution in [3.63, 3.8) is 0 Å². The summed E-state index contributed by atoms with van der Waals surface area (Å²) >= 11 is 0. The second-order valence-corrected chi connectivity index (χ2v) is 15.7. The third-order valence-electron chi connectivity index (χ3n) is 11.7. The molecule has 4 nitrogen and oxygen atoms in total. The van der Waals surface area contributed by atoms with Gasteiger partial charge in [-0.3, -0.25) is 0 Å². The SMILES string of the molecule is C[C@@H]1CC2C[C@H](C)CC(c3ccc(-c4ccccc4-c4nc(-c5ccccc5)nc(-c5cccc(-c6ccc7c(C#N)cccc7c6)c5)n4)cc3)(C2)C1. The van der Waals surface area contributed by atoms with Gasteiger partial charge in [0, 0.05) is 16.7 Å². The van der Waals surface area contributed by atoms with Crippen LogP contribution in [0, 0.1) is 29.1 Å². The Kier molecular flexibility index (Phi) is 8.43. The van der Waals surface area contributed by atoms with Crippen molar-refractivity contribution >= 4 is 10.8 Å². The highest BCUT2D eigenvalue weighted by Crippen LogP contribution is 2.54. The van der Waals surface area contributed by atoms with Gasteiger partial charge < -0.3 is 0 Å². The van der Waals surface area contributed by atoms with E-state index in [0.717, 1.165) is 61.9 Å². The third-order valence-corrected chi connectivity index (χ3v) is 11.7. The number of hydrogen-bond acceptors (Lipinski definition) is 4. The molecule has 258 valence electrons. The minimum Gasteiger partial charge on any atom is -0.208 e. The summed E-state index contributed by atoms with van der Waals surface area (Å²) in [6.07, 6.45) is 6.69. The highest BCUT2D eigenvalue weighted by molar-refractivity contribution is 5.92. The Bertz CT molecular complexity index is 2480. The summed E-state index contributed by atoms with van der Waals surface area (Å²) in [5.74, 6) is 4.33. The molecule has 2 unspecified atom stereocenters. The Balaban J connectivity index is 1.12. The largest absolute Gasteiger partial charge is 0.208 e. The van der Waals surface area contributed by atoms with E-state index < -0.39 is 0 Å². The summed E-state index contributed by atoms with van der Waals surface area (Å²) < 4.78 is 0. The van der Waals surface area contributed by atoms with E-state index in [1.54, 1.807) is 0 Å². The minimum atomic E-state index is 0.298. The molecule has 0 radical (unpaired) electrons. The van der Waals surface area contributed by atoms with Crippen LogP contribution >= 0.6 is 0 Å². The number of benzene rings is 6. The van der Waals surface area contributed by atoms with E-state index >= 15 is 0 Å². The Morgan fingerprint density at radius 1 is 0.528 bits per heavy atom. The number of hydrogen-bond donors (Lipinski definition) is 0. The number of nitrogens with zero attached hydrogens (tertiary/aromatic N) is 4. The Morgan fingerprint density at radius 2 is 1.13 bits per heavy atom. The molecule has 7 aromatic rings. The first kappa shape index (κ1) is 33.0. The van der Waals surface area contributed by atoms with Gasteiger partial charge in [0.15, 0.2) is 17.5 Å². The molecule has 0 N–H and O–H groups in total. The fourth-order valence-electron chi connectivity index (χ4n) is 9.73. The van der Waals surface area contributed by atoms with Crippen LogP contribution in [-0.4, -0.2) is 15.0 Å². The predicted molar refractivity (Wildman–Crippen MR) is 216 cm³/mol. The van der Waals surface area contributed by atoms with E-state index in [1.165, 1.54) is 43.2 Å². The van der Waals surface area contributed by atoms with Gasteiger partial charge >= 0.3 is 0 Å². The maximum Gasteiger partial charge on any atom is 0.164 e. The lowest BCUT2D eigenvalue weighted by Gasteiger charge is -2.50. The Labute approximate surface area is 312 Å². The van der Waals surface area contributed by atoms with Gasteiger partial charge in [-0.05, 0) is 112 Å². The number of fused-ring (bicyclic) bond motifs is 3. The third kappa shape index (κ3) is 6.31. The lowest BCUT2D eigenvalue weighted by atomic mass is 9.54. The van der Waals surface area contributed by atoms with Crippen LogP contribution in [0.5, 0.6) is 0 Å². The molecule has 2 aliphatic rings. The predicted octanol–water partition coefficient (Wildman–Crippen LogP) is 12.3. The standard InChI is InChI=1S/C49H42N4/c1-32-24-34-25-33(2)29-49(28-32,30-34)42-21-18-35(19-22-42)44-16-6-7-17-45(44)48-52-46(36-10-4-3-5-11-36)51-47(53-48)40-14-8-12-37(27-40)38-20-23-43-39(26-38)13-9-15-41(43)31-50/h3-23,26-27,32-34H,24-25,28-30H2,1-2H3/t32-,33+,34?,49?. The first-order valence-electron chi connectivity index (χ1n) is 19.0. The van der Waals surface area contributed by atoms with Crippen LogP contribution in [0.4, 0.5) is 0 Å². The van der Waals surface area contributed by atoms with E-state index in [-0.39, 0.29) is 0 Å². The second kappa shape index (κ2) is 13.6. The fourth-order valence-corrected chi connectivity index (χ4v) is 9.73. The van der Waals surface area contributed by atoms with Gasteiger partial charge in [-0.1, -0.05) is 135 Å². The lowest BCUT2D eigenvalue weighted by molar-refractivity contribution is 0.0780. The van der Waals surface area contributed by atoms with Gasteiger partial charge in [0.25, 0.3) is 0 Å². The topological polar surface area (TPSA) is 62.5 Å². The zero-order valence-electron chi connectivity index (χ0n) is 30.3. The van der Waals surface area contributed by atoms with Gasteiger partial charge in [-0.15, -0.1) is 0 Å². The zero-order valence-corrected chi connectivity index (χ0v) is 30.3. The van der Waals surface area contributed by atoms with E-state index in [2.05, 4.69) is 123 Å². The second-order valence-electron chi connectivity index (χ2n) is 15.7. The highest BCUT2D eigenvalue weighted by atomic mass is 15.0. The number of nitriles is 1. The van der Waals surface area contributed by atoms with Crippen LogP contribution in [0.2, 0.25) is 0 Å². The molecule has 9 rings (SSSR count). The van der Waals surface area contributed by atoms with E-state index in [9.17, 15) is 5.26 Å². The molecule has 2 saturated carbocycles. The van der Waals surface area contributed by atoms with Crippen molar-refractivity contribution in [3.8, 4) is 62.5 Å². The van der Waals surface area contributed by atoms with Crippen molar-refractivity contribution in [2.75, 3.05) is 0 Å². The van der Waals surface area contributed by atoms with Gasteiger partial charge in [0.2, 0.25) is 0 Å². The molecule has 2 aliphatic carbocycles. The molecule has 6 aromatic carbocycles. The van der Waals surface area contributed by atoms with Gasteiger partial charge in [0.05, 0.1) is 11.6 Å². The summed E-state index contributed by atoms with van der Waals surface area (Å²) in [5.41, 5.74) is 9.74. The van der Waals surface area contributed by atoms with E-state index in [0.29, 0.717) is 28.5 Å². The van der Waals surface area contributed by atoms with Crippen molar-refractivity contribution in [2.45, 2.75) is 51.4 Å². The average molecular weight is 687 g/mol. The van der Waals surface area contributed by atoms with Crippen LogP contribution in [0.3, 0.4) is 0 Å². The van der Waals surface area contributed by atoms with Crippen LogP contribution in [0.15, 0.2) is 140 Å². The lowest BCUT2D eigenvalue weighted by Crippen LogP contribution is -2.42. The summed E-state index contributed by atoms with van der Waals surface area (Å²) in [6.45, 7) is 4.92. The van der Waals surface area contributed by atoms with Crippen molar-refractivity contribution in [3.05, 3.63) is 151 Å². The maximum absolute atomic E-state index is 9.61. The van der Waals surface area contributed by atoms with Crippen LogP contribution in [0.1, 0.15) is 57.1 Å². The molecule has 4 heteroatoms. The molecule has 53 heavy (non-hydrogen) atoms. The molecule has 2 bridgehead atoms. The summed E-state index contributed by atoms with van der Waals surface area (Å²) in [6, 6.07) is 50.9. The van der Waals surface area contributed by atoms with Crippen LogP contribution in [0.25, 0.3) is 67.2 Å². The summed E-state index contributed by atoms with van der Waals surface area (Å²) in [4.78, 5) is 15.4. The minimum absolute atomic E-state index is 0.298. The first-order chi connectivity index (χ1) is 25.9. The molecule has 0 saturated heterocycles. The molecule has 0 aliphatic heterocycles. The Hall–Kier alpha value is -5.92.